The average Bonchev–Trinajstić information content (AvgIpc) is 2.72. The lowest BCUT2D eigenvalue weighted by molar-refractivity contribution is -0.0405. The predicted molar refractivity (Wildman–Crippen MR) is 137 cm³/mol. The SMILES string of the molecule is C/C=S(\OCCc1cc(C)c(OC([SH2+])=NC(=N)c2cnc(C(C)(C)C)cn2)cc1C)C(F)(F)F. The van der Waals surface area contributed by atoms with Crippen molar-refractivity contribution in [3.8, 4) is 5.75 Å². The molecule has 34 heavy (non-hydrogen) atoms. The molecule has 6 nitrogen and oxygen atoms in total. The third kappa shape index (κ3) is 7.92. The first-order valence-electron chi connectivity index (χ1n) is 10.4. The number of hydrogen-bond donors (Lipinski definition) is 1. The summed E-state index contributed by atoms with van der Waals surface area (Å²) in [4.78, 5) is 12.7. The van der Waals surface area contributed by atoms with Crippen molar-refractivity contribution in [3.63, 3.8) is 0 Å². The molecule has 1 aromatic carbocycles. The molecule has 0 bridgehead atoms. The fourth-order valence-corrected chi connectivity index (χ4v) is 3.88. The van der Waals surface area contributed by atoms with Gasteiger partial charge in [0.05, 0.1) is 31.1 Å². The van der Waals surface area contributed by atoms with Gasteiger partial charge in [-0.25, -0.2) is 4.98 Å². The molecule has 0 saturated carbocycles. The van der Waals surface area contributed by atoms with E-state index in [2.05, 4.69) is 27.6 Å². The second-order valence-electron chi connectivity index (χ2n) is 8.50. The van der Waals surface area contributed by atoms with Gasteiger partial charge in [0.1, 0.15) is 11.4 Å². The zero-order valence-corrected chi connectivity index (χ0v) is 21.8. The van der Waals surface area contributed by atoms with Gasteiger partial charge < -0.3 is 8.92 Å². The number of nitrogens with zero attached hydrogens (tertiary/aromatic N) is 3. The van der Waals surface area contributed by atoms with Gasteiger partial charge in [-0.2, -0.15) is 13.2 Å². The monoisotopic (exact) mass is 515 g/mol. The number of ether oxygens (including phenoxy) is 1. The van der Waals surface area contributed by atoms with Gasteiger partial charge in [-0.1, -0.05) is 26.8 Å². The number of rotatable bonds is 6. The Morgan fingerprint density at radius 3 is 2.35 bits per heavy atom. The van der Waals surface area contributed by atoms with E-state index >= 15 is 0 Å². The number of amidine groups is 1. The van der Waals surface area contributed by atoms with Crippen LogP contribution in [0.5, 0.6) is 5.75 Å². The lowest BCUT2D eigenvalue weighted by Gasteiger charge is -2.16. The second kappa shape index (κ2) is 11.5. The van der Waals surface area contributed by atoms with Crippen molar-refractivity contribution in [2.45, 2.75) is 58.9 Å². The summed E-state index contributed by atoms with van der Waals surface area (Å²) in [5, 5.41) is 9.24. The van der Waals surface area contributed by atoms with Gasteiger partial charge in [-0.3, -0.25) is 10.4 Å². The van der Waals surface area contributed by atoms with Crippen LogP contribution in [0.15, 0.2) is 29.5 Å². The third-order valence-electron chi connectivity index (χ3n) is 4.74. The molecule has 1 N–H and O–H groups in total. The summed E-state index contributed by atoms with van der Waals surface area (Å²) in [7, 11) is -2.18. The first-order chi connectivity index (χ1) is 15.7. The van der Waals surface area contributed by atoms with Crippen LogP contribution >= 0.6 is 10.8 Å². The van der Waals surface area contributed by atoms with Gasteiger partial charge in [-0.05, 0) is 55.3 Å². The van der Waals surface area contributed by atoms with Crippen LogP contribution in [0.25, 0.3) is 0 Å². The molecule has 0 aliphatic rings. The van der Waals surface area contributed by atoms with Crippen LogP contribution in [-0.4, -0.2) is 38.5 Å². The molecule has 11 heteroatoms. The molecular formula is C23H30F3N4O2S2+. The van der Waals surface area contributed by atoms with Crippen LogP contribution < -0.4 is 4.74 Å². The van der Waals surface area contributed by atoms with E-state index in [9.17, 15) is 13.2 Å². The number of benzene rings is 1. The minimum atomic E-state index is -4.39. The molecule has 1 heterocycles. The van der Waals surface area contributed by atoms with Gasteiger partial charge in [0.25, 0.3) is 0 Å². The fraction of sp³-hybridized carbons (Fsp3) is 0.435. The van der Waals surface area contributed by atoms with Crippen molar-refractivity contribution in [1.82, 2.24) is 9.97 Å². The molecule has 0 spiro atoms. The molecule has 2 rings (SSSR count). The van der Waals surface area contributed by atoms with E-state index in [4.69, 9.17) is 14.3 Å². The zero-order chi connectivity index (χ0) is 25.7. The Hall–Kier alpha value is -2.24. The van der Waals surface area contributed by atoms with Gasteiger partial charge in [-0.15, -0.1) is 4.99 Å². The standard InChI is InChI=1S/C23H29F3N4O2S2/c1-7-34(23(24,25)26)31-9-8-16-10-15(3)18(11-14(16)2)32-21(33)30-20(27)17-12-29-19(13-28-17)22(4,5)6/h7,10-13H,8-9H2,1-6H3,(H2,27,30,33)/p+1. The fourth-order valence-electron chi connectivity index (χ4n) is 2.86. The van der Waals surface area contributed by atoms with E-state index in [1.165, 1.54) is 13.1 Å². The molecule has 0 aliphatic carbocycles. The molecule has 1 aromatic heterocycles. The topological polar surface area (TPSA) is 80.5 Å². The van der Waals surface area contributed by atoms with Crippen LogP contribution in [0.2, 0.25) is 0 Å². The summed E-state index contributed by atoms with van der Waals surface area (Å²) in [5.74, 6) is 0.392. The average molecular weight is 516 g/mol. The molecule has 2 aromatic rings. The smallest absolute Gasteiger partial charge is 0.402 e. The number of aromatic nitrogens is 2. The van der Waals surface area contributed by atoms with Gasteiger partial charge in [0, 0.05) is 22.4 Å². The summed E-state index contributed by atoms with van der Waals surface area (Å²) >= 11 is 3.29. The summed E-state index contributed by atoms with van der Waals surface area (Å²) in [6, 6.07) is 3.62. The summed E-state index contributed by atoms with van der Waals surface area (Å²) in [5.41, 5.74) is -0.959. The largest absolute Gasteiger partial charge is 0.460 e. The number of nitrogens with one attached hydrogen (secondary N) is 1. The molecule has 0 saturated heterocycles. The van der Waals surface area contributed by atoms with E-state index in [1.54, 1.807) is 12.3 Å². The maximum atomic E-state index is 12.8. The highest BCUT2D eigenvalue weighted by atomic mass is 32.2. The van der Waals surface area contributed by atoms with E-state index in [1.807, 2.05) is 40.7 Å². The van der Waals surface area contributed by atoms with Crippen molar-refractivity contribution in [1.29, 1.82) is 5.41 Å². The third-order valence-corrected chi connectivity index (χ3v) is 6.26. The number of halogens is 3. The Bertz CT molecular complexity index is 1090. The number of alkyl halides is 3. The maximum Gasteiger partial charge on any atom is 0.460 e. The quantitative estimate of drug-likeness (QED) is 0.247. The van der Waals surface area contributed by atoms with Crippen molar-refractivity contribution in [2.75, 3.05) is 6.61 Å². The molecule has 0 fully saturated rings. The van der Waals surface area contributed by atoms with Crippen molar-refractivity contribution < 1.29 is 22.1 Å². The number of hydrogen-bond acceptors (Lipinski definition) is 5. The summed E-state index contributed by atoms with van der Waals surface area (Å²) in [6.45, 7) is 11.0. The second-order valence-corrected chi connectivity index (χ2v) is 10.7. The maximum absolute atomic E-state index is 12.8. The van der Waals surface area contributed by atoms with E-state index in [-0.39, 0.29) is 23.1 Å². The van der Waals surface area contributed by atoms with Gasteiger partial charge >= 0.3 is 10.7 Å². The number of aliphatic imine (C=N–C) groups is 1. The molecule has 1 atom stereocenters. The lowest BCUT2D eigenvalue weighted by atomic mass is 9.93. The van der Waals surface area contributed by atoms with Crippen molar-refractivity contribution >= 4 is 39.8 Å². The lowest BCUT2D eigenvalue weighted by Crippen LogP contribution is -2.15. The summed E-state index contributed by atoms with van der Waals surface area (Å²) in [6.07, 6.45) is 3.46. The molecule has 0 aliphatic heterocycles. The first kappa shape index (κ1) is 28.0. The van der Waals surface area contributed by atoms with Crippen LogP contribution in [-0.2, 0) is 28.6 Å². The Morgan fingerprint density at radius 1 is 1.15 bits per heavy atom. The highest BCUT2D eigenvalue weighted by molar-refractivity contribution is 8.11. The van der Waals surface area contributed by atoms with Crippen LogP contribution in [0.1, 0.15) is 55.8 Å². The van der Waals surface area contributed by atoms with Gasteiger partial charge in [0.2, 0.25) is 0 Å². The molecule has 186 valence electrons. The van der Waals surface area contributed by atoms with Crippen LogP contribution in [0, 0.1) is 19.3 Å². The normalized spacial score (nSPS) is 13.8. The minimum absolute atomic E-state index is 0.0511. The molecule has 0 amide bonds. The Kier molecular flexibility index (Phi) is 9.44. The molecule has 1 unspecified atom stereocenters. The van der Waals surface area contributed by atoms with Gasteiger partial charge in [0.15, 0.2) is 5.84 Å². The Labute approximate surface area is 206 Å². The minimum Gasteiger partial charge on any atom is -0.402 e. The highest BCUT2D eigenvalue weighted by Gasteiger charge is 2.33. The van der Waals surface area contributed by atoms with Crippen LogP contribution in [0.3, 0.4) is 0 Å². The highest BCUT2D eigenvalue weighted by Crippen LogP contribution is 2.37. The van der Waals surface area contributed by atoms with Crippen molar-refractivity contribution in [3.05, 3.63) is 52.6 Å². The Morgan fingerprint density at radius 2 is 1.82 bits per heavy atom. The summed E-state index contributed by atoms with van der Waals surface area (Å²) < 4.78 is 49.2. The zero-order valence-electron chi connectivity index (χ0n) is 20.0. The van der Waals surface area contributed by atoms with E-state index in [0.717, 1.165) is 27.8 Å². The molecular weight excluding hydrogens is 485 g/mol. The van der Waals surface area contributed by atoms with E-state index < -0.39 is 16.3 Å². The van der Waals surface area contributed by atoms with Crippen LogP contribution in [0.4, 0.5) is 13.2 Å². The Balaban J connectivity index is 2.07. The molecule has 0 radical (unpaired) electrons. The van der Waals surface area contributed by atoms with E-state index in [0.29, 0.717) is 17.9 Å². The van der Waals surface area contributed by atoms with Crippen molar-refractivity contribution in [2.24, 2.45) is 4.99 Å². The first-order valence-corrected chi connectivity index (χ1v) is 12.2. The number of aryl methyl sites for hydroxylation is 2. The predicted octanol–water partition coefficient (Wildman–Crippen LogP) is 5.25.